The minimum atomic E-state index is -0.160. The van der Waals surface area contributed by atoms with Crippen LogP contribution in [-0.2, 0) is 11.2 Å². The van der Waals surface area contributed by atoms with E-state index in [1.165, 1.54) is 11.3 Å². The molecule has 3 aromatic heterocycles. The average molecular weight is 382 g/mol. The second kappa shape index (κ2) is 6.62. The highest BCUT2D eigenvalue weighted by Gasteiger charge is 2.13. The number of hydrogen-bond acceptors (Lipinski definition) is 6. The van der Waals surface area contributed by atoms with E-state index in [-0.39, 0.29) is 17.9 Å². The zero-order chi connectivity index (χ0) is 19.1. The number of rotatable bonds is 4. The molecule has 0 radical (unpaired) electrons. The fourth-order valence-electron chi connectivity index (χ4n) is 2.99. The van der Waals surface area contributed by atoms with Gasteiger partial charge < -0.3 is 14.7 Å². The summed E-state index contributed by atoms with van der Waals surface area (Å²) in [7, 11) is 0. The van der Waals surface area contributed by atoms with Gasteiger partial charge in [-0.15, -0.1) is 11.3 Å². The molecule has 0 fully saturated rings. The number of hydrogen-bond donors (Lipinski definition) is 2. The number of aromatic nitrogens is 3. The number of nitrogens with one attached hydrogen (secondary N) is 2. The lowest BCUT2D eigenvalue weighted by atomic mass is 10.2. The Morgan fingerprint density at radius 1 is 1.26 bits per heavy atom. The number of fused-ring (bicyclic) bond motifs is 2. The minimum Gasteiger partial charge on any atom is -0.441 e. The average Bonchev–Trinajstić information content (AvgIpc) is 3.11. The summed E-state index contributed by atoms with van der Waals surface area (Å²) in [5.41, 5.74) is 2.84. The molecular formula is C19H18N4O3S. The van der Waals surface area contributed by atoms with Crippen molar-refractivity contribution in [1.82, 2.24) is 15.0 Å². The van der Waals surface area contributed by atoms with Crippen LogP contribution in [0.3, 0.4) is 0 Å². The van der Waals surface area contributed by atoms with Gasteiger partial charge in [-0.05, 0) is 31.5 Å². The topological polar surface area (TPSA) is 101 Å². The highest BCUT2D eigenvalue weighted by molar-refractivity contribution is 7.18. The molecule has 0 aliphatic rings. The zero-order valence-corrected chi connectivity index (χ0v) is 16.0. The maximum atomic E-state index is 12.3. The van der Waals surface area contributed by atoms with E-state index in [1.807, 2.05) is 13.8 Å². The quantitative estimate of drug-likeness (QED) is 0.561. The number of oxazole rings is 1. The van der Waals surface area contributed by atoms with Gasteiger partial charge in [0.05, 0.1) is 5.39 Å². The van der Waals surface area contributed by atoms with Crippen LogP contribution >= 0.6 is 11.3 Å². The third kappa shape index (κ3) is 3.35. The van der Waals surface area contributed by atoms with Gasteiger partial charge in [-0.1, -0.05) is 0 Å². The standard InChI is InChI=1S/C19H18N4O3S/c1-9-10(2)27-19-17(9)18(25)22-15(23-19)6-7-16(24)21-12-4-5-13-14(8-12)26-11(3)20-13/h4-5,8H,6-7H2,1-3H3,(H,21,24)(H,22,23,25). The van der Waals surface area contributed by atoms with Crippen LogP contribution in [0.15, 0.2) is 27.4 Å². The predicted molar refractivity (Wildman–Crippen MR) is 105 cm³/mol. The van der Waals surface area contributed by atoms with Crippen molar-refractivity contribution in [2.75, 3.05) is 5.32 Å². The van der Waals surface area contributed by atoms with Gasteiger partial charge in [0, 0.05) is 36.4 Å². The molecule has 0 aliphatic heterocycles. The lowest BCUT2D eigenvalue weighted by Gasteiger charge is -2.05. The number of aromatic amines is 1. The molecule has 1 amide bonds. The van der Waals surface area contributed by atoms with Crippen LogP contribution in [0.5, 0.6) is 0 Å². The number of nitrogens with zero attached hydrogens (tertiary/aromatic N) is 2. The molecule has 0 saturated heterocycles. The van der Waals surface area contributed by atoms with Crippen LogP contribution in [0.2, 0.25) is 0 Å². The van der Waals surface area contributed by atoms with Gasteiger partial charge in [0.1, 0.15) is 16.2 Å². The maximum absolute atomic E-state index is 12.3. The number of H-pyrrole nitrogens is 1. The molecule has 4 rings (SSSR count). The Hall–Kier alpha value is -3.00. The van der Waals surface area contributed by atoms with Crippen molar-refractivity contribution in [2.24, 2.45) is 0 Å². The van der Waals surface area contributed by atoms with E-state index in [0.29, 0.717) is 34.8 Å². The largest absolute Gasteiger partial charge is 0.441 e. The molecule has 27 heavy (non-hydrogen) atoms. The molecule has 1 aromatic carbocycles. The Labute approximate surface area is 158 Å². The van der Waals surface area contributed by atoms with E-state index in [2.05, 4.69) is 20.3 Å². The molecular weight excluding hydrogens is 364 g/mol. The van der Waals surface area contributed by atoms with Crippen LogP contribution in [0.25, 0.3) is 21.3 Å². The van der Waals surface area contributed by atoms with Gasteiger partial charge in [0.25, 0.3) is 5.56 Å². The molecule has 7 nitrogen and oxygen atoms in total. The van der Waals surface area contributed by atoms with Gasteiger partial charge in [-0.25, -0.2) is 9.97 Å². The van der Waals surface area contributed by atoms with Crippen LogP contribution in [0.4, 0.5) is 5.69 Å². The summed E-state index contributed by atoms with van der Waals surface area (Å²) in [6.45, 7) is 5.67. The number of aryl methyl sites for hydroxylation is 4. The van der Waals surface area contributed by atoms with E-state index in [9.17, 15) is 9.59 Å². The number of benzene rings is 1. The summed E-state index contributed by atoms with van der Waals surface area (Å²) in [5, 5.41) is 3.47. The summed E-state index contributed by atoms with van der Waals surface area (Å²) < 4.78 is 5.47. The van der Waals surface area contributed by atoms with Crippen LogP contribution in [-0.4, -0.2) is 20.9 Å². The summed E-state index contributed by atoms with van der Waals surface area (Å²) in [6, 6.07) is 5.33. The molecule has 138 valence electrons. The van der Waals surface area contributed by atoms with Crippen molar-refractivity contribution in [3.8, 4) is 0 Å². The van der Waals surface area contributed by atoms with Gasteiger partial charge in [-0.3, -0.25) is 9.59 Å². The molecule has 0 aliphatic carbocycles. The Morgan fingerprint density at radius 3 is 2.89 bits per heavy atom. The van der Waals surface area contributed by atoms with Crippen molar-refractivity contribution in [3.05, 3.63) is 50.7 Å². The fraction of sp³-hybridized carbons (Fsp3) is 0.263. The molecule has 0 saturated carbocycles. The van der Waals surface area contributed by atoms with Gasteiger partial charge >= 0.3 is 0 Å². The normalized spacial score (nSPS) is 11.4. The third-order valence-electron chi connectivity index (χ3n) is 4.46. The van der Waals surface area contributed by atoms with Crippen LogP contribution in [0, 0.1) is 20.8 Å². The molecule has 0 unspecified atom stereocenters. The van der Waals surface area contributed by atoms with Crippen molar-refractivity contribution in [3.63, 3.8) is 0 Å². The first-order valence-corrected chi connectivity index (χ1v) is 9.38. The van der Waals surface area contributed by atoms with E-state index < -0.39 is 0 Å². The highest BCUT2D eigenvalue weighted by atomic mass is 32.1. The van der Waals surface area contributed by atoms with Crippen molar-refractivity contribution in [1.29, 1.82) is 0 Å². The first-order valence-electron chi connectivity index (χ1n) is 8.56. The van der Waals surface area contributed by atoms with E-state index in [4.69, 9.17) is 4.42 Å². The molecule has 0 bridgehead atoms. The van der Waals surface area contributed by atoms with Crippen LogP contribution < -0.4 is 10.9 Å². The summed E-state index contributed by atoms with van der Waals surface area (Å²) in [4.78, 5) is 37.9. The van der Waals surface area contributed by atoms with Crippen molar-refractivity contribution >= 4 is 44.2 Å². The Balaban J connectivity index is 1.46. The van der Waals surface area contributed by atoms with Gasteiger partial charge in [0.15, 0.2) is 11.5 Å². The van der Waals surface area contributed by atoms with Crippen molar-refractivity contribution in [2.45, 2.75) is 33.6 Å². The first-order chi connectivity index (χ1) is 12.9. The fourth-order valence-corrected chi connectivity index (χ4v) is 4.04. The highest BCUT2D eigenvalue weighted by Crippen LogP contribution is 2.26. The van der Waals surface area contributed by atoms with Gasteiger partial charge in [-0.2, -0.15) is 0 Å². The maximum Gasteiger partial charge on any atom is 0.259 e. The van der Waals surface area contributed by atoms with Gasteiger partial charge in [0.2, 0.25) is 5.91 Å². The molecule has 0 atom stereocenters. The Morgan fingerprint density at radius 2 is 2.07 bits per heavy atom. The predicted octanol–water partition coefficient (Wildman–Crippen LogP) is 3.62. The monoisotopic (exact) mass is 382 g/mol. The number of carbonyl (C=O) groups excluding carboxylic acids is 1. The summed E-state index contributed by atoms with van der Waals surface area (Å²) in [5.74, 6) is 0.940. The third-order valence-corrected chi connectivity index (χ3v) is 5.56. The van der Waals surface area contributed by atoms with Crippen molar-refractivity contribution < 1.29 is 9.21 Å². The molecule has 0 spiro atoms. The Kier molecular flexibility index (Phi) is 4.27. The SMILES string of the molecule is Cc1nc2ccc(NC(=O)CCc3nc4sc(C)c(C)c4c(=O)[nH]3)cc2o1. The molecule has 2 N–H and O–H groups in total. The number of anilines is 1. The summed E-state index contributed by atoms with van der Waals surface area (Å²) in [6.07, 6.45) is 0.571. The number of amides is 1. The smallest absolute Gasteiger partial charge is 0.259 e. The molecule has 4 aromatic rings. The zero-order valence-electron chi connectivity index (χ0n) is 15.2. The number of carbonyl (C=O) groups is 1. The molecule has 8 heteroatoms. The molecule has 3 heterocycles. The second-order valence-corrected chi connectivity index (χ2v) is 7.64. The minimum absolute atomic E-state index is 0.150. The second-order valence-electron chi connectivity index (χ2n) is 6.44. The number of thiophene rings is 1. The summed E-state index contributed by atoms with van der Waals surface area (Å²) >= 11 is 1.50. The van der Waals surface area contributed by atoms with E-state index >= 15 is 0 Å². The Bertz CT molecular complexity index is 1240. The lowest BCUT2D eigenvalue weighted by Crippen LogP contribution is -2.16. The van der Waals surface area contributed by atoms with E-state index in [1.54, 1.807) is 25.1 Å². The lowest BCUT2D eigenvalue weighted by molar-refractivity contribution is -0.116. The van der Waals surface area contributed by atoms with Crippen LogP contribution in [0.1, 0.15) is 28.6 Å². The van der Waals surface area contributed by atoms with E-state index in [0.717, 1.165) is 20.8 Å². The first kappa shape index (κ1) is 17.4.